The van der Waals surface area contributed by atoms with Crippen LogP contribution in [0.15, 0.2) is 16.5 Å². The monoisotopic (exact) mass is 237 g/mol. The van der Waals surface area contributed by atoms with Gasteiger partial charge in [0.1, 0.15) is 5.76 Å². The smallest absolute Gasteiger partial charge is 0.371 e. The summed E-state index contributed by atoms with van der Waals surface area (Å²) in [6.45, 7) is 8.66. The standard InChI is InChI=1S/C13H19NO3/c1-8-6-14(7-9(8)2)10(3)11-4-5-12(17-11)13(15)16/h4-5,8-10H,6-7H2,1-3H3,(H,15,16). The predicted molar refractivity (Wildman–Crippen MR) is 64.0 cm³/mol. The molecule has 1 fully saturated rings. The summed E-state index contributed by atoms with van der Waals surface area (Å²) in [5.41, 5.74) is 0. The van der Waals surface area contributed by atoms with Crippen molar-refractivity contribution in [3.63, 3.8) is 0 Å². The maximum atomic E-state index is 10.8. The molecule has 4 nitrogen and oxygen atoms in total. The molecule has 1 saturated heterocycles. The van der Waals surface area contributed by atoms with Crippen LogP contribution in [0.3, 0.4) is 0 Å². The van der Waals surface area contributed by atoms with Gasteiger partial charge in [0.05, 0.1) is 6.04 Å². The highest BCUT2D eigenvalue weighted by molar-refractivity contribution is 5.84. The molecule has 0 radical (unpaired) electrons. The van der Waals surface area contributed by atoms with Crippen molar-refractivity contribution in [2.45, 2.75) is 26.8 Å². The van der Waals surface area contributed by atoms with Gasteiger partial charge in [0.2, 0.25) is 5.76 Å². The van der Waals surface area contributed by atoms with Crippen LogP contribution < -0.4 is 0 Å². The van der Waals surface area contributed by atoms with Gasteiger partial charge < -0.3 is 9.52 Å². The second-order valence-corrected chi connectivity index (χ2v) is 5.09. The summed E-state index contributed by atoms with van der Waals surface area (Å²) >= 11 is 0. The second kappa shape index (κ2) is 4.53. The minimum absolute atomic E-state index is 0.0205. The number of carbonyl (C=O) groups is 1. The van der Waals surface area contributed by atoms with E-state index in [2.05, 4.69) is 25.7 Å². The van der Waals surface area contributed by atoms with Gasteiger partial charge in [0.25, 0.3) is 0 Å². The van der Waals surface area contributed by atoms with Gasteiger partial charge in [-0.05, 0) is 30.9 Å². The van der Waals surface area contributed by atoms with Gasteiger partial charge in [-0.25, -0.2) is 4.79 Å². The van der Waals surface area contributed by atoms with Crippen molar-refractivity contribution in [3.8, 4) is 0 Å². The van der Waals surface area contributed by atoms with Gasteiger partial charge in [-0.3, -0.25) is 4.90 Å². The lowest BCUT2D eigenvalue weighted by molar-refractivity contribution is 0.0656. The third kappa shape index (κ3) is 2.36. The normalized spacial score (nSPS) is 27.2. The molecule has 17 heavy (non-hydrogen) atoms. The number of hydrogen-bond donors (Lipinski definition) is 1. The molecular weight excluding hydrogens is 218 g/mol. The van der Waals surface area contributed by atoms with Crippen molar-refractivity contribution < 1.29 is 14.3 Å². The first-order chi connectivity index (χ1) is 7.99. The van der Waals surface area contributed by atoms with E-state index in [1.807, 2.05) is 0 Å². The highest BCUT2D eigenvalue weighted by atomic mass is 16.4. The number of rotatable bonds is 3. The summed E-state index contributed by atoms with van der Waals surface area (Å²) in [5.74, 6) is 1.13. The molecule has 2 heterocycles. The maximum absolute atomic E-state index is 10.8. The molecule has 0 saturated carbocycles. The fraction of sp³-hybridized carbons (Fsp3) is 0.615. The summed E-state index contributed by atoms with van der Waals surface area (Å²) in [4.78, 5) is 13.1. The van der Waals surface area contributed by atoms with E-state index in [0.29, 0.717) is 11.8 Å². The maximum Gasteiger partial charge on any atom is 0.371 e. The van der Waals surface area contributed by atoms with E-state index in [1.54, 1.807) is 6.07 Å². The van der Waals surface area contributed by atoms with Gasteiger partial charge in [0, 0.05) is 13.1 Å². The Morgan fingerprint density at radius 3 is 2.47 bits per heavy atom. The number of aromatic carboxylic acids is 1. The molecule has 0 aliphatic carbocycles. The Balaban J connectivity index is 2.09. The van der Waals surface area contributed by atoms with Gasteiger partial charge >= 0.3 is 5.97 Å². The molecule has 1 aliphatic heterocycles. The zero-order chi connectivity index (χ0) is 12.6. The van der Waals surface area contributed by atoms with Crippen LogP contribution in [0.25, 0.3) is 0 Å². The Hall–Kier alpha value is -1.29. The van der Waals surface area contributed by atoms with E-state index in [1.165, 1.54) is 6.07 Å². The summed E-state index contributed by atoms with van der Waals surface area (Å²) < 4.78 is 5.35. The van der Waals surface area contributed by atoms with Crippen LogP contribution in [-0.4, -0.2) is 29.1 Å². The Bertz CT molecular complexity index is 403. The summed E-state index contributed by atoms with van der Waals surface area (Å²) in [5, 5.41) is 8.82. The summed E-state index contributed by atoms with van der Waals surface area (Å²) in [7, 11) is 0. The SMILES string of the molecule is CC1CN(C(C)c2ccc(C(=O)O)o2)CC1C. The van der Waals surface area contributed by atoms with Crippen molar-refractivity contribution in [1.82, 2.24) is 4.90 Å². The first-order valence-corrected chi connectivity index (χ1v) is 6.06. The average Bonchev–Trinajstić information content (AvgIpc) is 2.86. The van der Waals surface area contributed by atoms with Crippen LogP contribution in [0.1, 0.15) is 43.1 Å². The molecule has 94 valence electrons. The topological polar surface area (TPSA) is 53.7 Å². The number of likely N-dealkylation sites (tertiary alicyclic amines) is 1. The van der Waals surface area contributed by atoms with Gasteiger partial charge in [-0.1, -0.05) is 13.8 Å². The number of carboxylic acid groups (broad SMARTS) is 1. The fourth-order valence-corrected chi connectivity index (χ4v) is 2.36. The third-order valence-electron chi connectivity index (χ3n) is 3.81. The second-order valence-electron chi connectivity index (χ2n) is 5.09. The molecule has 0 aromatic carbocycles. The fourth-order valence-electron chi connectivity index (χ4n) is 2.36. The number of furan rings is 1. The van der Waals surface area contributed by atoms with Crippen molar-refractivity contribution >= 4 is 5.97 Å². The molecule has 1 aromatic heterocycles. The minimum atomic E-state index is -1.01. The molecule has 3 atom stereocenters. The molecule has 1 aliphatic rings. The summed E-state index contributed by atoms with van der Waals surface area (Å²) in [6.07, 6.45) is 0. The first-order valence-electron chi connectivity index (χ1n) is 6.06. The van der Waals surface area contributed by atoms with Crippen molar-refractivity contribution in [1.29, 1.82) is 0 Å². The van der Waals surface area contributed by atoms with Gasteiger partial charge in [-0.2, -0.15) is 0 Å². The highest BCUT2D eigenvalue weighted by Crippen LogP contribution is 2.31. The van der Waals surface area contributed by atoms with E-state index in [9.17, 15) is 4.79 Å². The zero-order valence-electron chi connectivity index (χ0n) is 10.5. The lowest BCUT2D eigenvalue weighted by Crippen LogP contribution is -2.24. The molecule has 3 unspecified atom stereocenters. The van der Waals surface area contributed by atoms with Gasteiger partial charge in [0.15, 0.2) is 0 Å². The molecule has 2 rings (SSSR count). The largest absolute Gasteiger partial charge is 0.475 e. The van der Waals surface area contributed by atoms with Crippen LogP contribution in [-0.2, 0) is 0 Å². The van der Waals surface area contributed by atoms with Crippen molar-refractivity contribution in [3.05, 3.63) is 23.7 Å². The van der Waals surface area contributed by atoms with Crippen molar-refractivity contribution in [2.75, 3.05) is 13.1 Å². The zero-order valence-corrected chi connectivity index (χ0v) is 10.5. The van der Waals surface area contributed by atoms with E-state index in [0.717, 1.165) is 18.8 Å². The molecular formula is C13H19NO3. The molecule has 1 N–H and O–H groups in total. The van der Waals surface area contributed by atoms with Crippen LogP contribution >= 0.6 is 0 Å². The molecule has 4 heteroatoms. The van der Waals surface area contributed by atoms with Crippen molar-refractivity contribution in [2.24, 2.45) is 11.8 Å². The number of hydrogen-bond acceptors (Lipinski definition) is 3. The minimum Gasteiger partial charge on any atom is -0.475 e. The van der Waals surface area contributed by atoms with Crippen LogP contribution in [0.4, 0.5) is 0 Å². The lowest BCUT2D eigenvalue weighted by atomic mass is 10.0. The number of nitrogens with zero attached hydrogens (tertiary/aromatic N) is 1. The predicted octanol–water partition coefficient (Wildman–Crippen LogP) is 2.63. The Labute approximate surface area is 101 Å². The van der Waals surface area contributed by atoms with E-state index in [4.69, 9.17) is 9.52 Å². The summed E-state index contributed by atoms with van der Waals surface area (Å²) in [6, 6.07) is 3.44. The first kappa shape index (κ1) is 12.2. The van der Waals surface area contributed by atoms with Gasteiger partial charge in [-0.15, -0.1) is 0 Å². The Kier molecular flexibility index (Phi) is 3.24. The van der Waals surface area contributed by atoms with Crippen LogP contribution in [0.5, 0.6) is 0 Å². The average molecular weight is 237 g/mol. The molecule has 0 amide bonds. The Morgan fingerprint density at radius 1 is 1.41 bits per heavy atom. The van der Waals surface area contributed by atoms with E-state index in [-0.39, 0.29) is 11.8 Å². The highest BCUT2D eigenvalue weighted by Gasteiger charge is 2.31. The quantitative estimate of drug-likeness (QED) is 0.878. The van der Waals surface area contributed by atoms with Crippen LogP contribution in [0.2, 0.25) is 0 Å². The van der Waals surface area contributed by atoms with E-state index >= 15 is 0 Å². The molecule has 0 bridgehead atoms. The van der Waals surface area contributed by atoms with E-state index < -0.39 is 5.97 Å². The van der Waals surface area contributed by atoms with Crippen LogP contribution in [0, 0.1) is 11.8 Å². The number of carboxylic acids is 1. The lowest BCUT2D eigenvalue weighted by Gasteiger charge is -2.22. The Morgan fingerprint density at radius 2 is 2.00 bits per heavy atom. The third-order valence-corrected chi connectivity index (χ3v) is 3.81. The molecule has 0 spiro atoms. The molecule has 1 aromatic rings.